The van der Waals surface area contributed by atoms with Crippen LogP contribution in [0.2, 0.25) is 0 Å². The molecule has 0 aliphatic carbocycles. The van der Waals surface area contributed by atoms with Gasteiger partial charge >= 0.3 is 6.18 Å². The molecular formula is C16H14BrF3O. The SMILES string of the molecule is FC(F)(F)c1ccccc1OCC(CBr)c1ccccc1. The van der Waals surface area contributed by atoms with Crippen molar-refractivity contribution in [3.63, 3.8) is 0 Å². The highest BCUT2D eigenvalue weighted by Crippen LogP contribution is 2.36. The fraction of sp³-hybridized carbons (Fsp3) is 0.250. The zero-order valence-corrected chi connectivity index (χ0v) is 12.7. The summed E-state index contributed by atoms with van der Waals surface area (Å²) >= 11 is 3.38. The first-order valence-electron chi connectivity index (χ1n) is 6.42. The molecule has 0 aliphatic rings. The van der Waals surface area contributed by atoms with E-state index in [2.05, 4.69) is 15.9 Å². The molecule has 0 radical (unpaired) electrons. The molecule has 0 saturated carbocycles. The number of benzene rings is 2. The highest BCUT2D eigenvalue weighted by Gasteiger charge is 2.34. The van der Waals surface area contributed by atoms with Crippen molar-refractivity contribution in [2.45, 2.75) is 12.1 Å². The maximum absolute atomic E-state index is 12.9. The number of ether oxygens (including phenoxy) is 1. The molecule has 1 unspecified atom stereocenters. The van der Waals surface area contributed by atoms with Gasteiger partial charge in [0.1, 0.15) is 5.75 Å². The van der Waals surface area contributed by atoms with Gasteiger partial charge in [-0.2, -0.15) is 13.2 Å². The van der Waals surface area contributed by atoms with E-state index in [0.717, 1.165) is 11.6 Å². The molecule has 0 amide bonds. The lowest BCUT2D eigenvalue weighted by Gasteiger charge is -2.18. The van der Waals surface area contributed by atoms with Crippen LogP contribution in [0.1, 0.15) is 17.0 Å². The van der Waals surface area contributed by atoms with Crippen LogP contribution >= 0.6 is 15.9 Å². The van der Waals surface area contributed by atoms with Crippen LogP contribution in [0.5, 0.6) is 5.75 Å². The Labute approximate surface area is 129 Å². The molecule has 2 rings (SSSR count). The average Bonchev–Trinajstić information content (AvgIpc) is 2.48. The Morgan fingerprint density at radius 3 is 2.19 bits per heavy atom. The lowest BCUT2D eigenvalue weighted by Crippen LogP contribution is -2.14. The van der Waals surface area contributed by atoms with Gasteiger partial charge in [-0.05, 0) is 17.7 Å². The Bertz CT molecular complexity index is 569. The number of rotatable bonds is 5. The number of alkyl halides is 4. The van der Waals surface area contributed by atoms with Crippen LogP contribution < -0.4 is 4.74 Å². The first kappa shape index (κ1) is 15.9. The fourth-order valence-electron chi connectivity index (χ4n) is 1.97. The standard InChI is InChI=1S/C16H14BrF3O/c17-10-13(12-6-2-1-3-7-12)11-21-15-9-5-4-8-14(15)16(18,19)20/h1-9,13H,10-11H2. The summed E-state index contributed by atoms with van der Waals surface area (Å²) in [6, 6.07) is 14.8. The van der Waals surface area contributed by atoms with E-state index in [9.17, 15) is 13.2 Å². The number of hydrogen-bond donors (Lipinski definition) is 0. The van der Waals surface area contributed by atoms with Gasteiger partial charge in [0.2, 0.25) is 0 Å². The van der Waals surface area contributed by atoms with E-state index < -0.39 is 11.7 Å². The highest BCUT2D eigenvalue weighted by atomic mass is 79.9. The van der Waals surface area contributed by atoms with Crippen LogP contribution in [0.25, 0.3) is 0 Å². The van der Waals surface area contributed by atoms with Crippen molar-refractivity contribution in [1.29, 1.82) is 0 Å². The lowest BCUT2D eigenvalue weighted by atomic mass is 10.0. The van der Waals surface area contributed by atoms with Crippen LogP contribution in [-0.4, -0.2) is 11.9 Å². The molecule has 0 aliphatic heterocycles. The van der Waals surface area contributed by atoms with Gasteiger partial charge < -0.3 is 4.74 Å². The minimum absolute atomic E-state index is 0.00695. The summed E-state index contributed by atoms with van der Waals surface area (Å²) in [6.45, 7) is 0.183. The fourth-order valence-corrected chi connectivity index (χ4v) is 2.53. The maximum atomic E-state index is 12.9. The van der Waals surface area contributed by atoms with Crippen LogP contribution in [-0.2, 0) is 6.18 Å². The van der Waals surface area contributed by atoms with Crippen molar-refractivity contribution in [2.75, 3.05) is 11.9 Å². The summed E-state index contributed by atoms with van der Waals surface area (Å²) in [7, 11) is 0. The van der Waals surface area contributed by atoms with Crippen molar-refractivity contribution in [2.24, 2.45) is 0 Å². The Balaban J connectivity index is 2.13. The van der Waals surface area contributed by atoms with E-state index in [-0.39, 0.29) is 18.3 Å². The van der Waals surface area contributed by atoms with Crippen LogP contribution in [0.3, 0.4) is 0 Å². The third kappa shape index (κ3) is 4.24. The van der Waals surface area contributed by atoms with Crippen LogP contribution in [0.15, 0.2) is 54.6 Å². The monoisotopic (exact) mass is 358 g/mol. The molecule has 1 nitrogen and oxygen atoms in total. The first-order valence-corrected chi connectivity index (χ1v) is 7.54. The van der Waals surface area contributed by atoms with Gasteiger partial charge in [-0.15, -0.1) is 0 Å². The molecule has 21 heavy (non-hydrogen) atoms. The number of hydrogen-bond acceptors (Lipinski definition) is 1. The maximum Gasteiger partial charge on any atom is 0.419 e. The average molecular weight is 359 g/mol. The normalized spacial score (nSPS) is 13.0. The molecule has 0 spiro atoms. The predicted octanol–water partition coefficient (Wildman–Crippen LogP) is 5.26. The predicted molar refractivity (Wildman–Crippen MR) is 79.9 cm³/mol. The molecule has 0 saturated heterocycles. The lowest BCUT2D eigenvalue weighted by molar-refractivity contribution is -0.139. The van der Waals surface area contributed by atoms with Gasteiger partial charge in [-0.25, -0.2) is 0 Å². The molecule has 5 heteroatoms. The zero-order valence-electron chi connectivity index (χ0n) is 11.1. The molecule has 1 atom stereocenters. The molecular weight excluding hydrogens is 345 g/mol. The molecule has 0 bridgehead atoms. The van der Waals surface area contributed by atoms with Crippen LogP contribution in [0, 0.1) is 0 Å². The van der Waals surface area contributed by atoms with Crippen molar-refractivity contribution >= 4 is 15.9 Å². The van der Waals surface area contributed by atoms with Crippen LogP contribution in [0.4, 0.5) is 13.2 Å². The Hall–Kier alpha value is -1.49. The zero-order chi connectivity index (χ0) is 15.3. The second kappa shape index (κ2) is 6.98. The smallest absolute Gasteiger partial charge is 0.419 e. The van der Waals surface area contributed by atoms with E-state index in [4.69, 9.17) is 4.74 Å². The summed E-state index contributed by atoms with van der Waals surface area (Å²) < 4.78 is 44.1. The minimum Gasteiger partial charge on any atom is -0.492 e. The molecule has 0 fully saturated rings. The van der Waals surface area contributed by atoms with Gasteiger partial charge in [0.25, 0.3) is 0 Å². The molecule has 0 N–H and O–H groups in total. The third-order valence-corrected chi connectivity index (χ3v) is 3.87. The quantitative estimate of drug-likeness (QED) is 0.662. The van der Waals surface area contributed by atoms with Crippen molar-refractivity contribution in [3.05, 3.63) is 65.7 Å². The van der Waals surface area contributed by atoms with Gasteiger partial charge in [0.15, 0.2) is 0 Å². The van der Waals surface area contributed by atoms with E-state index in [1.54, 1.807) is 0 Å². The third-order valence-electron chi connectivity index (χ3n) is 3.09. The summed E-state index contributed by atoms with van der Waals surface area (Å²) in [5.74, 6) is -0.139. The van der Waals surface area contributed by atoms with Crippen molar-refractivity contribution in [1.82, 2.24) is 0 Å². The summed E-state index contributed by atoms with van der Waals surface area (Å²) in [6.07, 6.45) is -4.41. The highest BCUT2D eigenvalue weighted by molar-refractivity contribution is 9.09. The van der Waals surface area contributed by atoms with Crippen molar-refractivity contribution < 1.29 is 17.9 Å². The Morgan fingerprint density at radius 2 is 1.57 bits per heavy atom. The molecule has 2 aromatic rings. The summed E-state index contributed by atoms with van der Waals surface area (Å²) in [5.41, 5.74) is 0.283. The molecule has 2 aromatic carbocycles. The Kier molecular flexibility index (Phi) is 5.28. The van der Waals surface area contributed by atoms with Gasteiger partial charge in [0, 0.05) is 11.2 Å². The van der Waals surface area contributed by atoms with E-state index >= 15 is 0 Å². The molecule has 112 valence electrons. The number of para-hydroxylation sites is 1. The Morgan fingerprint density at radius 1 is 0.952 bits per heavy atom. The number of halogens is 4. The molecule has 0 aromatic heterocycles. The van der Waals surface area contributed by atoms with Gasteiger partial charge in [0.05, 0.1) is 12.2 Å². The topological polar surface area (TPSA) is 9.23 Å². The van der Waals surface area contributed by atoms with E-state index in [0.29, 0.717) is 5.33 Å². The van der Waals surface area contributed by atoms with Crippen molar-refractivity contribution in [3.8, 4) is 5.75 Å². The van der Waals surface area contributed by atoms with E-state index in [1.165, 1.54) is 18.2 Å². The van der Waals surface area contributed by atoms with Gasteiger partial charge in [-0.1, -0.05) is 58.4 Å². The van der Waals surface area contributed by atoms with Gasteiger partial charge in [-0.3, -0.25) is 0 Å². The summed E-state index contributed by atoms with van der Waals surface area (Å²) in [5, 5.41) is 0.616. The second-order valence-electron chi connectivity index (χ2n) is 4.57. The second-order valence-corrected chi connectivity index (χ2v) is 5.21. The molecule has 0 heterocycles. The summed E-state index contributed by atoms with van der Waals surface area (Å²) in [4.78, 5) is 0. The first-order chi connectivity index (χ1) is 10.0. The largest absolute Gasteiger partial charge is 0.492 e. The van der Waals surface area contributed by atoms with E-state index in [1.807, 2.05) is 30.3 Å². The minimum atomic E-state index is -4.41.